The molecular weight excluding hydrogens is 224 g/mol. The molecule has 0 aromatic heterocycles. The van der Waals surface area contributed by atoms with Crippen molar-refractivity contribution in [2.45, 2.75) is 38.2 Å². The molecule has 0 unspecified atom stereocenters. The molecule has 5 heteroatoms. The molecule has 1 fully saturated rings. The topological polar surface area (TPSA) is 63.6 Å². The molecule has 0 bridgehead atoms. The van der Waals surface area contributed by atoms with E-state index < -0.39 is 11.9 Å². The SMILES string of the molecule is O=C(O)[CH-]C(=O)OC1CCCCC1.[CH3-].[Ca+2]. The smallest absolute Gasteiger partial charge is 0.503 e. The third kappa shape index (κ3) is 7.94. The van der Waals surface area contributed by atoms with Crippen LogP contribution in [0.3, 0.4) is 0 Å². The molecule has 0 spiro atoms. The first-order chi connectivity index (χ1) is 6.18. The van der Waals surface area contributed by atoms with E-state index in [1.54, 1.807) is 0 Å². The van der Waals surface area contributed by atoms with E-state index >= 15 is 0 Å². The van der Waals surface area contributed by atoms with Crippen molar-refractivity contribution in [2.75, 3.05) is 0 Å². The minimum Gasteiger partial charge on any atom is -0.503 e. The number of carboxylic acids is 1. The molecule has 15 heavy (non-hydrogen) atoms. The van der Waals surface area contributed by atoms with Crippen LogP contribution < -0.4 is 0 Å². The molecule has 0 aromatic rings. The van der Waals surface area contributed by atoms with Crippen molar-refractivity contribution in [1.29, 1.82) is 0 Å². The average molecular weight is 240 g/mol. The quantitative estimate of drug-likeness (QED) is 0.349. The molecule has 1 saturated carbocycles. The molecule has 0 radical (unpaired) electrons. The predicted molar refractivity (Wildman–Crippen MR) is 57.1 cm³/mol. The number of carbonyl (C=O) groups excluding carboxylic acids is 1. The Labute approximate surface area is 120 Å². The zero-order valence-corrected chi connectivity index (χ0v) is 11.3. The zero-order valence-electron chi connectivity index (χ0n) is 9.07. The average Bonchev–Trinajstić information content (AvgIpc) is 2.04. The van der Waals surface area contributed by atoms with Gasteiger partial charge in [-0.15, -0.1) is 0 Å². The van der Waals surface area contributed by atoms with Gasteiger partial charge in [-0.1, -0.05) is 6.42 Å². The van der Waals surface area contributed by atoms with Gasteiger partial charge >= 0.3 is 37.7 Å². The van der Waals surface area contributed by atoms with Crippen molar-refractivity contribution in [2.24, 2.45) is 0 Å². The summed E-state index contributed by atoms with van der Waals surface area (Å²) in [7, 11) is 0. The fourth-order valence-corrected chi connectivity index (χ4v) is 1.48. The maximum atomic E-state index is 10.9. The summed E-state index contributed by atoms with van der Waals surface area (Å²) in [5, 5.41) is 8.26. The Hall–Kier alpha value is 0.0697. The van der Waals surface area contributed by atoms with Gasteiger partial charge in [-0.05, 0) is 25.7 Å². The molecule has 0 heterocycles. The van der Waals surface area contributed by atoms with Gasteiger partial charge in [-0.3, -0.25) is 9.59 Å². The number of carbonyl (C=O) groups is 2. The number of hydrogen-bond donors (Lipinski definition) is 1. The van der Waals surface area contributed by atoms with Gasteiger partial charge in [0.2, 0.25) is 0 Å². The Kier molecular flexibility index (Phi) is 10.8. The number of carboxylic acid groups (broad SMARTS) is 1. The number of hydrogen-bond acceptors (Lipinski definition) is 3. The standard InChI is InChI=1S/C9H13O4.CH3.Ca/c10-8(11)6-9(12)13-7-4-2-1-3-5-7;;/h6-7H,1-5H2,(H,10,11);1H3;/q2*-1;+2. The van der Waals surface area contributed by atoms with Crippen LogP contribution in [0.4, 0.5) is 0 Å². The van der Waals surface area contributed by atoms with Crippen LogP contribution in [0.1, 0.15) is 32.1 Å². The summed E-state index contributed by atoms with van der Waals surface area (Å²) in [5.41, 5.74) is 0. The molecular formula is C10H16CaO4. The van der Waals surface area contributed by atoms with Gasteiger partial charge in [0.1, 0.15) is 0 Å². The number of esters is 1. The summed E-state index contributed by atoms with van der Waals surface area (Å²) in [4.78, 5) is 21.0. The third-order valence-corrected chi connectivity index (χ3v) is 2.08. The zero-order chi connectivity index (χ0) is 9.68. The summed E-state index contributed by atoms with van der Waals surface area (Å²) in [5.74, 6) is -1.99. The van der Waals surface area contributed by atoms with Gasteiger partial charge in [0.25, 0.3) is 0 Å². The van der Waals surface area contributed by atoms with E-state index in [1.165, 1.54) is 6.42 Å². The van der Waals surface area contributed by atoms with Crippen LogP contribution in [-0.4, -0.2) is 60.9 Å². The molecule has 1 N–H and O–H groups in total. The second-order valence-corrected chi connectivity index (χ2v) is 3.18. The first-order valence-electron chi connectivity index (χ1n) is 4.47. The van der Waals surface area contributed by atoms with Gasteiger partial charge in [-0.25, -0.2) is 0 Å². The van der Waals surface area contributed by atoms with Crippen LogP contribution in [0.5, 0.6) is 0 Å². The minimum absolute atomic E-state index is 0. The van der Waals surface area contributed by atoms with Crippen molar-refractivity contribution >= 4 is 49.7 Å². The van der Waals surface area contributed by atoms with E-state index in [0.29, 0.717) is 6.42 Å². The Morgan fingerprint density at radius 3 is 2.20 bits per heavy atom. The van der Waals surface area contributed by atoms with Gasteiger partial charge < -0.3 is 17.3 Å². The summed E-state index contributed by atoms with van der Waals surface area (Å²) in [6, 6.07) is 0. The van der Waals surface area contributed by atoms with Crippen molar-refractivity contribution in [3.63, 3.8) is 0 Å². The van der Waals surface area contributed by atoms with E-state index in [2.05, 4.69) is 0 Å². The van der Waals surface area contributed by atoms with E-state index in [-0.39, 0.29) is 51.3 Å². The van der Waals surface area contributed by atoms with Gasteiger partial charge in [-0.2, -0.15) is 6.42 Å². The fourth-order valence-electron chi connectivity index (χ4n) is 1.48. The summed E-state index contributed by atoms with van der Waals surface area (Å²) in [6.45, 7) is 0. The van der Waals surface area contributed by atoms with E-state index in [0.717, 1.165) is 25.7 Å². The molecule has 4 nitrogen and oxygen atoms in total. The van der Waals surface area contributed by atoms with Crippen LogP contribution >= 0.6 is 0 Å². The second-order valence-electron chi connectivity index (χ2n) is 3.18. The molecule has 82 valence electrons. The van der Waals surface area contributed by atoms with Crippen LogP contribution in [0, 0.1) is 13.8 Å². The van der Waals surface area contributed by atoms with Gasteiger partial charge in [0.05, 0.1) is 6.10 Å². The molecule has 0 saturated heterocycles. The van der Waals surface area contributed by atoms with E-state index in [1.807, 2.05) is 0 Å². The summed E-state index contributed by atoms with van der Waals surface area (Å²) in [6.07, 6.45) is 5.51. The van der Waals surface area contributed by atoms with Crippen LogP contribution in [-0.2, 0) is 14.3 Å². The molecule has 0 aliphatic heterocycles. The van der Waals surface area contributed by atoms with Crippen molar-refractivity contribution < 1.29 is 19.4 Å². The monoisotopic (exact) mass is 240 g/mol. The molecule has 0 aromatic carbocycles. The van der Waals surface area contributed by atoms with Crippen LogP contribution in [0.2, 0.25) is 0 Å². The molecule has 0 atom stereocenters. The Morgan fingerprint density at radius 1 is 1.20 bits per heavy atom. The Morgan fingerprint density at radius 2 is 1.73 bits per heavy atom. The Bertz CT molecular complexity index is 200. The second kappa shape index (κ2) is 9.31. The molecule has 1 aliphatic carbocycles. The predicted octanol–water partition coefficient (Wildman–Crippen LogP) is 1.22. The van der Waals surface area contributed by atoms with Crippen molar-refractivity contribution in [1.82, 2.24) is 0 Å². The largest absolute Gasteiger partial charge is 2.00 e. The normalized spacial score (nSPS) is 15.5. The minimum atomic E-state index is -1.25. The molecule has 0 amide bonds. The first-order valence-corrected chi connectivity index (χ1v) is 4.47. The summed E-state index contributed by atoms with van der Waals surface area (Å²) < 4.78 is 4.93. The van der Waals surface area contributed by atoms with Crippen molar-refractivity contribution in [3.05, 3.63) is 13.8 Å². The van der Waals surface area contributed by atoms with Gasteiger partial charge in [0, 0.05) is 0 Å². The fraction of sp³-hybridized carbons (Fsp3) is 0.600. The van der Waals surface area contributed by atoms with Gasteiger partial charge in [0.15, 0.2) is 11.9 Å². The maximum Gasteiger partial charge on any atom is 2.00 e. The van der Waals surface area contributed by atoms with Crippen LogP contribution in [0.15, 0.2) is 0 Å². The number of rotatable bonds is 3. The maximum absolute atomic E-state index is 10.9. The van der Waals surface area contributed by atoms with Crippen LogP contribution in [0.25, 0.3) is 0 Å². The Balaban J connectivity index is 0. The summed E-state index contributed by atoms with van der Waals surface area (Å²) >= 11 is 0. The first kappa shape index (κ1) is 17.5. The van der Waals surface area contributed by atoms with Crippen molar-refractivity contribution in [3.8, 4) is 0 Å². The molecule has 1 rings (SSSR count). The number of ether oxygens (including phenoxy) is 1. The molecule has 1 aliphatic rings. The van der Waals surface area contributed by atoms with E-state index in [4.69, 9.17) is 9.84 Å². The van der Waals surface area contributed by atoms with E-state index in [9.17, 15) is 9.59 Å². The number of aliphatic carboxylic acids is 1. The third-order valence-electron chi connectivity index (χ3n) is 2.08.